The van der Waals surface area contributed by atoms with Gasteiger partial charge in [-0.25, -0.2) is 0 Å². The Kier molecular flexibility index (Phi) is 3.49. The minimum Gasteiger partial charge on any atom is -0.399 e. The minimum atomic E-state index is 0.422. The molecule has 1 aromatic carbocycles. The molecule has 106 valence electrons. The Hall–Kier alpha value is -1.81. The fourth-order valence-corrected chi connectivity index (χ4v) is 2.75. The number of anilines is 1. The van der Waals surface area contributed by atoms with Gasteiger partial charge in [-0.3, -0.25) is 9.58 Å². The van der Waals surface area contributed by atoms with Crippen LogP contribution in [0.25, 0.3) is 0 Å². The Morgan fingerprint density at radius 1 is 1.25 bits per heavy atom. The molecule has 1 aromatic heterocycles. The molecule has 0 radical (unpaired) electrons. The first-order chi connectivity index (χ1) is 9.61. The number of fused-ring (bicyclic) bond motifs is 1. The molecule has 0 spiro atoms. The van der Waals surface area contributed by atoms with Crippen molar-refractivity contribution in [3.8, 4) is 0 Å². The van der Waals surface area contributed by atoms with Crippen molar-refractivity contribution in [2.24, 2.45) is 0 Å². The van der Waals surface area contributed by atoms with Gasteiger partial charge in [0.1, 0.15) is 0 Å². The van der Waals surface area contributed by atoms with Gasteiger partial charge in [0, 0.05) is 37.6 Å². The Morgan fingerprint density at radius 2 is 2.10 bits per heavy atom. The molecular formula is C16H22N4. The van der Waals surface area contributed by atoms with Crippen LogP contribution < -0.4 is 5.73 Å². The Morgan fingerprint density at radius 3 is 2.85 bits per heavy atom. The molecule has 2 aromatic rings. The van der Waals surface area contributed by atoms with E-state index in [1.807, 2.05) is 10.7 Å². The lowest BCUT2D eigenvalue weighted by Crippen LogP contribution is -2.30. The zero-order valence-corrected chi connectivity index (χ0v) is 12.2. The highest BCUT2D eigenvalue weighted by molar-refractivity contribution is 5.45. The van der Waals surface area contributed by atoms with Gasteiger partial charge in [-0.15, -0.1) is 0 Å². The standard InChI is InChI=1S/C16H22N4/c1-12(2)20-8-6-16(18-20)11-19-7-5-13-3-4-15(17)9-14(13)10-19/h3-4,6,8-9,12H,5,7,10-11,17H2,1-2H3. The summed E-state index contributed by atoms with van der Waals surface area (Å²) in [6, 6.07) is 8.81. The Labute approximate surface area is 120 Å². The van der Waals surface area contributed by atoms with Gasteiger partial charge >= 0.3 is 0 Å². The molecule has 4 nitrogen and oxygen atoms in total. The van der Waals surface area contributed by atoms with Gasteiger partial charge in [0.25, 0.3) is 0 Å². The molecule has 0 amide bonds. The van der Waals surface area contributed by atoms with E-state index in [0.29, 0.717) is 6.04 Å². The summed E-state index contributed by atoms with van der Waals surface area (Å²) in [7, 11) is 0. The van der Waals surface area contributed by atoms with Crippen molar-refractivity contribution in [3.05, 3.63) is 47.3 Å². The van der Waals surface area contributed by atoms with E-state index in [-0.39, 0.29) is 0 Å². The van der Waals surface area contributed by atoms with Crippen molar-refractivity contribution in [1.82, 2.24) is 14.7 Å². The van der Waals surface area contributed by atoms with Gasteiger partial charge in [-0.2, -0.15) is 5.10 Å². The van der Waals surface area contributed by atoms with Gasteiger partial charge in [-0.1, -0.05) is 6.07 Å². The first-order valence-electron chi connectivity index (χ1n) is 7.25. The molecular weight excluding hydrogens is 248 g/mol. The zero-order valence-electron chi connectivity index (χ0n) is 12.2. The molecule has 0 saturated carbocycles. The van der Waals surface area contributed by atoms with Crippen LogP contribution in [-0.4, -0.2) is 21.2 Å². The van der Waals surface area contributed by atoms with Crippen LogP contribution >= 0.6 is 0 Å². The SMILES string of the molecule is CC(C)n1ccc(CN2CCc3ccc(N)cc3C2)n1. The third kappa shape index (κ3) is 2.70. The number of nitrogens with two attached hydrogens (primary N) is 1. The number of nitrogen functional groups attached to an aromatic ring is 1. The molecule has 3 rings (SSSR count). The molecule has 0 atom stereocenters. The largest absolute Gasteiger partial charge is 0.399 e. The molecule has 0 saturated heterocycles. The monoisotopic (exact) mass is 270 g/mol. The third-order valence-electron chi connectivity index (χ3n) is 3.90. The average molecular weight is 270 g/mol. The predicted molar refractivity (Wildman–Crippen MR) is 81.3 cm³/mol. The quantitative estimate of drug-likeness (QED) is 0.872. The topological polar surface area (TPSA) is 47.1 Å². The highest BCUT2D eigenvalue weighted by atomic mass is 15.3. The van der Waals surface area contributed by atoms with E-state index in [2.05, 4.69) is 48.2 Å². The molecule has 20 heavy (non-hydrogen) atoms. The van der Waals surface area contributed by atoms with E-state index in [0.717, 1.165) is 37.4 Å². The van der Waals surface area contributed by atoms with Crippen molar-refractivity contribution in [1.29, 1.82) is 0 Å². The van der Waals surface area contributed by atoms with E-state index < -0.39 is 0 Å². The van der Waals surface area contributed by atoms with E-state index in [1.54, 1.807) is 0 Å². The summed E-state index contributed by atoms with van der Waals surface area (Å²) in [6.07, 6.45) is 3.16. The number of aromatic nitrogens is 2. The second-order valence-corrected chi connectivity index (χ2v) is 5.87. The zero-order chi connectivity index (χ0) is 14.1. The summed E-state index contributed by atoms with van der Waals surface area (Å²) < 4.78 is 2.02. The number of hydrogen-bond acceptors (Lipinski definition) is 3. The summed E-state index contributed by atoms with van der Waals surface area (Å²) >= 11 is 0. The fraction of sp³-hybridized carbons (Fsp3) is 0.438. The number of benzene rings is 1. The van der Waals surface area contributed by atoms with Gasteiger partial charge in [-0.05, 0) is 49.6 Å². The molecule has 0 aliphatic carbocycles. The van der Waals surface area contributed by atoms with Crippen LogP contribution in [0.4, 0.5) is 5.69 Å². The lowest BCUT2D eigenvalue weighted by Gasteiger charge is -2.28. The average Bonchev–Trinajstić information content (AvgIpc) is 2.87. The van der Waals surface area contributed by atoms with Gasteiger partial charge in [0.05, 0.1) is 5.69 Å². The predicted octanol–water partition coefficient (Wildman–Crippen LogP) is 2.60. The lowest BCUT2D eigenvalue weighted by atomic mass is 9.99. The van der Waals surface area contributed by atoms with Crippen molar-refractivity contribution in [2.75, 3.05) is 12.3 Å². The van der Waals surface area contributed by atoms with Crippen LogP contribution in [0.3, 0.4) is 0 Å². The smallest absolute Gasteiger partial charge is 0.0765 e. The lowest BCUT2D eigenvalue weighted by molar-refractivity contribution is 0.241. The summed E-state index contributed by atoms with van der Waals surface area (Å²) in [5, 5.41) is 4.63. The fourth-order valence-electron chi connectivity index (χ4n) is 2.75. The van der Waals surface area contributed by atoms with Crippen LogP contribution in [0.15, 0.2) is 30.5 Å². The normalized spacial score (nSPS) is 15.6. The van der Waals surface area contributed by atoms with Crippen molar-refractivity contribution < 1.29 is 0 Å². The second-order valence-electron chi connectivity index (χ2n) is 5.87. The second kappa shape index (κ2) is 5.29. The van der Waals surface area contributed by atoms with Crippen LogP contribution in [0.2, 0.25) is 0 Å². The van der Waals surface area contributed by atoms with Crippen LogP contribution in [-0.2, 0) is 19.5 Å². The molecule has 0 bridgehead atoms. The van der Waals surface area contributed by atoms with E-state index in [9.17, 15) is 0 Å². The molecule has 2 heterocycles. The highest BCUT2D eigenvalue weighted by Crippen LogP contribution is 2.22. The first kappa shape index (κ1) is 13.2. The molecule has 2 N–H and O–H groups in total. The van der Waals surface area contributed by atoms with Gasteiger partial charge in [0.15, 0.2) is 0 Å². The van der Waals surface area contributed by atoms with Crippen molar-refractivity contribution in [3.63, 3.8) is 0 Å². The van der Waals surface area contributed by atoms with Gasteiger partial charge in [0.2, 0.25) is 0 Å². The van der Waals surface area contributed by atoms with Crippen LogP contribution in [0, 0.1) is 0 Å². The Bertz CT molecular complexity index is 600. The van der Waals surface area contributed by atoms with Crippen LogP contribution in [0.1, 0.15) is 36.7 Å². The number of hydrogen-bond donors (Lipinski definition) is 1. The minimum absolute atomic E-state index is 0.422. The summed E-state index contributed by atoms with van der Waals surface area (Å²) in [4.78, 5) is 2.44. The summed E-state index contributed by atoms with van der Waals surface area (Å²) in [5.74, 6) is 0. The molecule has 1 aliphatic heterocycles. The van der Waals surface area contributed by atoms with Crippen molar-refractivity contribution in [2.45, 2.75) is 39.4 Å². The summed E-state index contributed by atoms with van der Waals surface area (Å²) in [6.45, 7) is 7.27. The van der Waals surface area contributed by atoms with Crippen molar-refractivity contribution >= 4 is 5.69 Å². The maximum absolute atomic E-state index is 5.88. The maximum atomic E-state index is 5.88. The third-order valence-corrected chi connectivity index (χ3v) is 3.90. The van der Waals surface area contributed by atoms with E-state index >= 15 is 0 Å². The number of nitrogens with zero attached hydrogens (tertiary/aromatic N) is 3. The number of rotatable bonds is 3. The van der Waals surface area contributed by atoms with Gasteiger partial charge < -0.3 is 5.73 Å². The Balaban J connectivity index is 1.70. The van der Waals surface area contributed by atoms with E-state index in [4.69, 9.17) is 5.73 Å². The van der Waals surface area contributed by atoms with Crippen LogP contribution in [0.5, 0.6) is 0 Å². The molecule has 1 aliphatic rings. The molecule has 0 fully saturated rings. The molecule has 0 unspecified atom stereocenters. The molecule has 4 heteroatoms. The first-order valence-corrected chi connectivity index (χ1v) is 7.25. The highest BCUT2D eigenvalue weighted by Gasteiger charge is 2.17. The summed E-state index contributed by atoms with van der Waals surface area (Å²) in [5.41, 5.74) is 10.7. The van der Waals surface area contributed by atoms with E-state index in [1.165, 1.54) is 11.1 Å². The maximum Gasteiger partial charge on any atom is 0.0765 e.